The first kappa shape index (κ1) is 55.5. The molecule has 0 saturated carbocycles. The Morgan fingerprint density at radius 3 is 1.66 bits per heavy atom. The minimum absolute atomic E-state index is 0.0177. The normalized spacial score (nSPS) is 13.4. The Labute approximate surface area is 427 Å². The summed E-state index contributed by atoms with van der Waals surface area (Å²) in [5.74, 6) is -2.74. The number of carbonyl (C=O) groups is 3. The summed E-state index contributed by atoms with van der Waals surface area (Å²) in [5.41, 5.74) is 9.87. The van der Waals surface area contributed by atoms with Gasteiger partial charge < -0.3 is 41.8 Å². The summed E-state index contributed by atoms with van der Waals surface area (Å²) in [6.07, 6.45) is 8.14. The number of unbranched alkanes of at least 4 members (excludes halogenated alkanes) is 6. The number of carboxylic acid groups (broad SMARTS) is 1. The number of phenolic OH excluding ortho intramolecular Hbond substituents is 1. The van der Waals surface area contributed by atoms with Gasteiger partial charge in [0.1, 0.15) is 23.4 Å². The van der Waals surface area contributed by atoms with Crippen molar-refractivity contribution < 1.29 is 37.8 Å². The van der Waals surface area contributed by atoms with Crippen molar-refractivity contribution >= 4 is 17.8 Å². The van der Waals surface area contributed by atoms with Gasteiger partial charge in [0, 0.05) is 38.0 Å². The lowest BCUT2D eigenvalue weighted by Crippen LogP contribution is -2.57. The number of nitrogens with two attached hydrogens (primary N) is 1. The van der Waals surface area contributed by atoms with E-state index in [1.165, 1.54) is 68.5 Å². The number of aromatic nitrogens is 2. The van der Waals surface area contributed by atoms with Gasteiger partial charge in [0.25, 0.3) is 0 Å². The Hall–Kier alpha value is -6.81. The van der Waals surface area contributed by atoms with E-state index >= 15 is 0 Å². The number of rotatable bonds is 30. The van der Waals surface area contributed by atoms with Crippen LogP contribution in [0.15, 0.2) is 152 Å². The van der Waals surface area contributed by atoms with E-state index in [4.69, 9.17) is 10.7 Å². The molecule has 0 unspecified atom stereocenters. The van der Waals surface area contributed by atoms with Crippen molar-refractivity contribution in [3.05, 3.63) is 191 Å². The highest BCUT2D eigenvalue weighted by Crippen LogP contribution is 2.41. The summed E-state index contributed by atoms with van der Waals surface area (Å²) in [5, 5.41) is 32.1. The number of alkyl halides is 3. The molecule has 388 valence electrons. The number of hydrogen-bond acceptors (Lipinski definition) is 8. The van der Waals surface area contributed by atoms with Gasteiger partial charge in [-0.2, -0.15) is 13.2 Å². The fourth-order valence-electron chi connectivity index (χ4n) is 9.24. The molecule has 0 bridgehead atoms. The molecule has 0 aliphatic heterocycles. The van der Waals surface area contributed by atoms with Crippen molar-refractivity contribution in [2.45, 2.75) is 120 Å². The summed E-state index contributed by atoms with van der Waals surface area (Å²) < 4.78 is 42.7. The van der Waals surface area contributed by atoms with Crippen LogP contribution in [0, 0.1) is 0 Å². The third kappa shape index (κ3) is 16.3. The molecule has 0 radical (unpaired) electrons. The third-order valence-corrected chi connectivity index (χ3v) is 13.2. The Balaban J connectivity index is 1.20. The van der Waals surface area contributed by atoms with Crippen molar-refractivity contribution in [2.75, 3.05) is 19.6 Å². The SMILES string of the molecule is CCCCCCCCNCCCC[C@H](NC[C@@H](N)Cc1cn(C(c2ccccc2)(c2ccccc2)c2ccccc2)cn1)C(=O)N[C@H](Cc1ccc(C(F)(F)F)cc1)C(=O)N[C@@H](Cc1ccc(O)cc1)C(=O)O. The van der Waals surface area contributed by atoms with Crippen molar-refractivity contribution in [3.63, 3.8) is 0 Å². The maximum absolute atomic E-state index is 14.5. The van der Waals surface area contributed by atoms with Gasteiger partial charge in [-0.25, -0.2) is 9.78 Å². The monoisotopic (exact) mass is 1000 g/mol. The molecule has 0 saturated heterocycles. The molecule has 73 heavy (non-hydrogen) atoms. The Kier molecular flexibility index (Phi) is 21.2. The van der Waals surface area contributed by atoms with E-state index in [1.807, 2.05) is 67.1 Å². The molecule has 1 aromatic heterocycles. The largest absolute Gasteiger partial charge is 0.508 e. The average Bonchev–Trinajstić information content (AvgIpc) is 3.85. The van der Waals surface area contributed by atoms with E-state index < -0.39 is 59.2 Å². The van der Waals surface area contributed by atoms with Crippen molar-refractivity contribution in [2.24, 2.45) is 5.73 Å². The maximum Gasteiger partial charge on any atom is 0.416 e. The summed E-state index contributed by atoms with van der Waals surface area (Å²) in [4.78, 5) is 45.9. The molecule has 1 heterocycles. The number of phenols is 1. The number of nitrogens with one attached hydrogen (secondary N) is 4. The number of imidazole rings is 1. The van der Waals surface area contributed by atoms with Gasteiger partial charge in [0.05, 0.1) is 23.6 Å². The highest BCUT2D eigenvalue weighted by Gasteiger charge is 2.39. The fraction of sp³-hybridized carbons (Fsp3) is 0.379. The number of nitrogens with zero attached hydrogens (tertiary/aromatic N) is 2. The number of benzene rings is 5. The van der Waals surface area contributed by atoms with Gasteiger partial charge in [0.15, 0.2) is 0 Å². The molecular formula is C58H70F3N7O5. The van der Waals surface area contributed by atoms with E-state index in [0.717, 1.165) is 60.4 Å². The summed E-state index contributed by atoms with van der Waals surface area (Å²) in [6.45, 7) is 4.03. The number of carboxylic acids is 1. The van der Waals surface area contributed by atoms with E-state index in [0.29, 0.717) is 30.4 Å². The van der Waals surface area contributed by atoms with Crippen LogP contribution in [-0.2, 0) is 45.4 Å². The lowest BCUT2D eigenvalue weighted by atomic mass is 9.77. The number of amides is 2. The van der Waals surface area contributed by atoms with Crippen LogP contribution in [0.5, 0.6) is 5.75 Å². The van der Waals surface area contributed by atoms with Crippen LogP contribution in [0.25, 0.3) is 0 Å². The smallest absolute Gasteiger partial charge is 0.416 e. The van der Waals surface area contributed by atoms with Crippen molar-refractivity contribution in [1.29, 1.82) is 0 Å². The van der Waals surface area contributed by atoms with Gasteiger partial charge in [-0.1, -0.05) is 161 Å². The predicted octanol–water partition coefficient (Wildman–Crippen LogP) is 8.94. The second kappa shape index (κ2) is 27.9. The molecule has 5 aromatic carbocycles. The lowest BCUT2D eigenvalue weighted by Gasteiger charge is -2.37. The number of aromatic hydroxyl groups is 1. The Bertz CT molecular complexity index is 2480. The standard InChI is InChI=1S/C58H70F3N7O5/c1-2-3-4-5-6-17-34-63-35-18-16-25-51(54(70)66-52(36-42-26-30-47(31-27-42)58(59,60)61)55(71)67-53(56(72)73)37-43-28-32-50(69)33-29-43)64-39-48(62)38-49-40-68(41-65-49)57(44-19-10-7-11-20-44,45-21-12-8-13-22-45)46-23-14-9-15-24-46/h7-15,19-24,26-33,40-41,48,51-53,63-64,69H,2-6,16-18,25,34-39,62H2,1H3,(H,66,70)(H,67,71)(H,72,73)/t48-,51-,52+,53-/m0/s1. The number of carbonyl (C=O) groups excluding carboxylic acids is 2. The minimum atomic E-state index is -4.59. The zero-order valence-electron chi connectivity index (χ0n) is 41.6. The van der Waals surface area contributed by atoms with Crippen molar-refractivity contribution in [3.8, 4) is 5.75 Å². The quantitative estimate of drug-likeness (QED) is 0.0171. The maximum atomic E-state index is 14.5. The molecule has 15 heteroatoms. The lowest BCUT2D eigenvalue weighted by molar-refractivity contribution is -0.142. The summed E-state index contributed by atoms with van der Waals surface area (Å²) >= 11 is 0. The second-order valence-corrected chi connectivity index (χ2v) is 18.7. The molecule has 0 aliphatic carbocycles. The molecule has 8 N–H and O–H groups in total. The Morgan fingerprint density at radius 2 is 1.11 bits per heavy atom. The Morgan fingerprint density at radius 1 is 0.616 bits per heavy atom. The topological polar surface area (TPSA) is 184 Å². The van der Waals surface area contributed by atoms with Crippen LogP contribution >= 0.6 is 0 Å². The third-order valence-electron chi connectivity index (χ3n) is 13.2. The molecule has 4 atom stereocenters. The summed E-state index contributed by atoms with van der Waals surface area (Å²) in [7, 11) is 0. The number of hydrogen-bond donors (Lipinski definition) is 7. The number of aliphatic carboxylic acids is 1. The molecule has 0 spiro atoms. The van der Waals surface area contributed by atoms with Crippen LogP contribution in [0.4, 0.5) is 13.2 Å². The van der Waals surface area contributed by atoms with Crippen molar-refractivity contribution in [1.82, 2.24) is 30.8 Å². The van der Waals surface area contributed by atoms with Crippen LogP contribution in [0.2, 0.25) is 0 Å². The first-order valence-electron chi connectivity index (χ1n) is 25.4. The van der Waals surface area contributed by atoms with Crippen LogP contribution in [-0.4, -0.2) is 81.3 Å². The molecule has 12 nitrogen and oxygen atoms in total. The van der Waals surface area contributed by atoms with Gasteiger partial charge in [-0.05, 0) is 84.4 Å². The molecule has 6 aromatic rings. The summed E-state index contributed by atoms with van der Waals surface area (Å²) in [6, 6.07) is 36.7. The fourth-order valence-corrected chi connectivity index (χ4v) is 9.24. The first-order chi connectivity index (χ1) is 35.3. The van der Waals surface area contributed by atoms with E-state index in [-0.39, 0.29) is 25.1 Å². The van der Waals surface area contributed by atoms with Gasteiger partial charge in [-0.15, -0.1) is 0 Å². The minimum Gasteiger partial charge on any atom is -0.508 e. The van der Waals surface area contributed by atoms with Crippen LogP contribution < -0.4 is 27.0 Å². The predicted molar refractivity (Wildman–Crippen MR) is 279 cm³/mol. The van der Waals surface area contributed by atoms with E-state index in [2.05, 4.69) is 69.2 Å². The van der Waals surface area contributed by atoms with E-state index in [1.54, 1.807) is 0 Å². The molecule has 0 fully saturated rings. The molecule has 0 aliphatic rings. The highest BCUT2D eigenvalue weighted by molar-refractivity contribution is 5.92. The average molecular weight is 1000 g/mol. The van der Waals surface area contributed by atoms with Crippen LogP contribution in [0.3, 0.4) is 0 Å². The zero-order valence-corrected chi connectivity index (χ0v) is 41.6. The molecule has 2 amide bonds. The first-order valence-corrected chi connectivity index (χ1v) is 25.4. The number of halogens is 3. The van der Waals surface area contributed by atoms with Gasteiger partial charge in [-0.3, -0.25) is 9.59 Å². The van der Waals surface area contributed by atoms with Crippen LogP contribution in [0.1, 0.15) is 104 Å². The van der Waals surface area contributed by atoms with E-state index in [9.17, 15) is 37.8 Å². The zero-order chi connectivity index (χ0) is 52.1. The molecule has 6 rings (SSSR count). The van der Waals surface area contributed by atoms with Gasteiger partial charge in [0.2, 0.25) is 11.8 Å². The highest BCUT2D eigenvalue weighted by atomic mass is 19.4. The van der Waals surface area contributed by atoms with Gasteiger partial charge >= 0.3 is 12.1 Å². The second-order valence-electron chi connectivity index (χ2n) is 18.7. The molecular weight excluding hydrogens is 932 g/mol.